The fourth-order valence-corrected chi connectivity index (χ4v) is 3.03. The molecule has 0 aliphatic carbocycles. The van der Waals surface area contributed by atoms with Crippen molar-refractivity contribution in [2.24, 2.45) is 0 Å². The lowest BCUT2D eigenvalue weighted by molar-refractivity contribution is -0.143. The first-order valence-corrected chi connectivity index (χ1v) is 8.73. The van der Waals surface area contributed by atoms with Crippen LogP contribution in [-0.2, 0) is 16.0 Å². The smallest absolute Gasteiger partial charge is 0.312 e. The summed E-state index contributed by atoms with van der Waals surface area (Å²) in [5, 5.41) is 2.37. The Morgan fingerprint density at radius 2 is 1.92 bits per heavy atom. The largest absolute Gasteiger partial charge is 0.487 e. The molecule has 0 spiro atoms. The van der Waals surface area contributed by atoms with E-state index in [1.807, 2.05) is 0 Å². The second-order valence-electron chi connectivity index (χ2n) is 5.33. The molecule has 0 saturated carbocycles. The molecule has 2 aromatic carbocycles. The molecule has 0 radical (unpaired) electrons. The zero-order valence-electron chi connectivity index (χ0n) is 13.7. The van der Waals surface area contributed by atoms with Crippen molar-refractivity contribution in [3.05, 3.63) is 71.2 Å². The number of ether oxygens (including phenoxy) is 2. The number of hydrogen-bond donors (Lipinski definition) is 0. The maximum Gasteiger partial charge on any atom is 0.312 e. The van der Waals surface area contributed by atoms with E-state index in [2.05, 4.69) is 4.98 Å². The second-order valence-corrected chi connectivity index (χ2v) is 6.19. The fraction of sp³-hybridized carbons (Fsp3) is 0.158. The highest BCUT2D eigenvalue weighted by Gasteiger charge is 2.11. The normalized spacial score (nSPS) is 10.5. The van der Waals surface area contributed by atoms with E-state index in [0.717, 1.165) is 0 Å². The number of benzene rings is 2. The molecule has 0 unspecified atom stereocenters. The number of halogens is 2. The van der Waals surface area contributed by atoms with Crippen LogP contribution in [-0.4, -0.2) is 24.2 Å². The van der Waals surface area contributed by atoms with Gasteiger partial charge in [-0.1, -0.05) is 24.3 Å². The molecule has 7 heteroatoms. The Morgan fingerprint density at radius 1 is 1.08 bits per heavy atom. The van der Waals surface area contributed by atoms with Gasteiger partial charge in [-0.05, 0) is 24.3 Å². The Balaban J connectivity index is 1.46. The summed E-state index contributed by atoms with van der Waals surface area (Å²) in [6, 6.07) is 12.1. The Hall–Kier alpha value is -2.80. The van der Waals surface area contributed by atoms with Crippen molar-refractivity contribution in [2.75, 3.05) is 13.2 Å². The lowest BCUT2D eigenvalue weighted by Gasteiger charge is -2.07. The van der Waals surface area contributed by atoms with Gasteiger partial charge in [0, 0.05) is 10.9 Å². The van der Waals surface area contributed by atoms with Gasteiger partial charge in [-0.3, -0.25) is 4.79 Å². The molecule has 1 heterocycles. The van der Waals surface area contributed by atoms with Gasteiger partial charge in [0.2, 0.25) is 0 Å². The molecule has 1 aromatic heterocycles. The number of thiazole rings is 1. The minimum Gasteiger partial charge on any atom is -0.487 e. The molecule has 0 atom stereocenters. The van der Waals surface area contributed by atoms with Gasteiger partial charge in [0.05, 0.1) is 12.1 Å². The first-order chi connectivity index (χ1) is 12.6. The first-order valence-electron chi connectivity index (χ1n) is 7.85. The summed E-state index contributed by atoms with van der Waals surface area (Å²) in [4.78, 5) is 16.2. The molecule has 0 saturated heterocycles. The monoisotopic (exact) mass is 375 g/mol. The number of carbonyl (C=O) groups is 1. The van der Waals surface area contributed by atoms with Gasteiger partial charge in [-0.2, -0.15) is 0 Å². The van der Waals surface area contributed by atoms with Crippen LogP contribution in [0.1, 0.15) is 5.69 Å². The lowest BCUT2D eigenvalue weighted by Crippen LogP contribution is -2.14. The molecule has 3 aromatic rings. The third-order valence-electron chi connectivity index (χ3n) is 3.39. The number of carbonyl (C=O) groups excluding carboxylic acids is 1. The maximum absolute atomic E-state index is 13.4. The third-order valence-corrected chi connectivity index (χ3v) is 4.33. The van der Waals surface area contributed by atoms with Crippen LogP contribution in [0.25, 0.3) is 10.6 Å². The number of aromatic nitrogens is 1. The van der Waals surface area contributed by atoms with E-state index in [1.54, 1.807) is 29.6 Å². The van der Waals surface area contributed by atoms with E-state index in [0.29, 0.717) is 16.3 Å². The standard InChI is InChI=1S/C19H15F2NO3S/c20-14-5-3-4-13(10-14)19-22-15(12-26-19)11-18(23)25-9-8-24-17-7-2-1-6-16(17)21/h1-7,10,12H,8-9,11H2. The Morgan fingerprint density at radius 3 is 2.73 bits per heavy atom. The minimum absolute atomic E-state index is 0.00547. The van der Waals surface area contributed by atoms with Crippen molar-refractivity contribution in [3.8, 4) is 16.3 Å². The summed E-state index contributed by atoms with van der Waals surface area (Å²) in [6.07, 6.45) is 0.00547. The molecule has 3 rings (SSSR count). The van der Waals surface area contributed by atoms with Crippen LogP contribution >= 0.6 is 11.3 Å². The lowest BCUT2D eigenvalue weighted by atomic mass is 10.2. The zero-order chi connectivity index (χ0) is 18.4. The van der Waals surface area contributed by atoms with Crippen LogP contribution in [0.5, 0.6) is 5.75 Å². The molecule has 134 valence electrons. The second kappa shape index (κ2) is 8.53. The molecular formula is C19H15F2NO3S. The van der Waals surface area contributed by atoms with Gasteiger partial charge in [0.15, 0.2) is 11.6 Å². The van der Waals surface area contributed by atoms with E-state index in [4.69, 9.17) is 9.47 Å². The van der Waals surface area contributed by atoms with Crippen molar-refractivity contribution in [1.82, 2.24) is 4.98 Å². The summed E-state index contributed by atoms with van der Waals surface area (Å²) in [5.41, 5.74) is 1.21. The molecule has 4 nitrogen and oxygen atoms in total. The van der Waals surface area contributed by atoms with Crippen molar-refractivity contribution in [1.29, 1.82) is 0 Å². The molecule has 26 heavy (non-hydrogen) atoms. The van der Waals surface area contributed by atoms with Crippen molar-refractivity contribution in [3.63, 3.8) is 0 Å². The molecule has 0 bridgehead atoms. The number of hydrogen-bond acceptors (Lipinski definition) is 5. The molecule has 0 aliphatic heterocycles. The van der Waals surface area contributed by atoms with Gasteiger partial charge >= 0.3 is 5.97 Å². The topological polar surface area (TPSA) is 48.4 Å². The van der Waals surface area contributed by atoms with Crippen LogP contribution in [0.2, 0.25) is 0 Å². The molecule has 0 fully saturated rings. The van der Waals surface area contributed by atoms with Gasteiger partial charge in [0.1, 0.15) is 24.0 Å². The Labute approximate surface area is 153 Å². The van der Waals surface area contributed by atoms with Gasteiger partial charge in [-0.25, -0.2) is 13.8 Å². The highest BCUT2D eigenvalue weighted by molar-refractivity contribution is 7.13. The van der Waals surface area contributed by atoms with Crippen LogP contribution in [0.15, 0.2) is 53.9 Å². The van der Waals surface area contributed by atoms with E-state index >= 15 is 0 Å². The van der Waals surface area contributed by atoms with Crippen molar-refractivity contribution >= 4 is 17.3 Å². The summed E-state index contributed by atoms with van der Waals surface area (Å²) in [5.74, 6) is -1.15. The van der Waals surface area contributed by atoms with E-state index in [-0.39, 0.29) is 31.2 Å². The van der Waals surface area contributed by atoms with E-state index in [1.165, 1.54) is 35.6 Å². The molecule has 0 amide bonds. The van der Waals surface area contributed by atoms with Crippen LogP contribution in [0.4, 0.5) is 8.78 Å². The highest BCUT2D eigenvalue weighted by Crippen LogP contribution is 2.24. The van der Waals surface area contributed by atoms with Gasteiger partial charge < -0.3 is 9.47 Å². The van der Waals surface area contributed by atoms with E-state index < -0.39 is 11.8 Å². The van der Waals surface area contributed by atoms with E-state index in [9.17, 15) is 13.6 Å². The summed E-state index contributed by atoms with van der Waals surface area (Å²) in [6.45, 7) is 0.0618. The van der Waals surface area contributed by atoms with Crippen LogP contribution in [0.3, 0.4) is 0 Å². The van der Waals surface area contributed by atoms with Crippen LogP contribution in [0, 0.1) is 11.6 Å². The Bertz CT molecular complexity index is 898. The number of nitrogens with zero attached hydrogens (tertiary/aromatic N) is 1. The summed E-state index contributed by atoms with van der Waals surface area (Å²) < 4.78 is 36.9. The summed E-state index contributed by atoms with van der Waals surface area (Å²) in [7, 11) is 0. The highest BCUT2D eigenvalue weighted by atomic mass is 32.1. The SMILES string of the molecule is O=C(Cc1csc(-c2cccc(F)c2)n1)OCCOc1ccccc1F. The number of esters is 1. The van der Waals surface area contributed by atoms with Crippen molar-refractivity contribution < 1.29 is 23.0 Å². The fourth-order valence-electron chi connectivity index (χ4n) is 2.21. The zero-order valence-corrected chi connectivity index (χ0v) is 14.5. The predicted molar refractivity (Wildman–Crippen MR) is 94.1 cm³/mol. The molecule has 0 N–H and O–H groups in total. The third kappa shape index (κ3) is 4.86. The average molecular weight is 375 g/mol. The van der Waals surface area contributed by atoms with Crippen molar-refractivity contribution in [2.45, 2.75) is 6.42 Å². The van der Waals surface area contributed by atoms with Gasteiger partial charge in [0.25, 0.3) is 0 Å². The van der Waals surface area contributed by atoms with Gasteiger partial charge in [-0.15, -0.1) is 11.3 Å². The number of rotatable bonds is 7. The maximum atomic E-state index is 13.4. The first kappa shape index (κ1) is 18.0. The molecule has 0 aliphatic rings. The number of para-hydroxylation sites is 1. The predicted octanol–water partition coefficient (Wildman–Crippen LogP) is 4.25. The molecular weight excluding hydrogens is 360 g/mol. The Kier molecular flexibility index (Phi) is 5.91. The average Bonchev–Trinajstić information content (AvgIpc) is 3.08. The minimum atomic E-state index is -0.467. The quantitative estimate of drug-likeness (QED) is 0.457. The van der Waals surface area contributed by atoms with Crippen LogP contribution < -0.4 is 4.74 Å². The summed E-state index contributed by atoms with van der Waals surface area (Å²) >= 11 is 1.33.